The molecule has 2 rings (SSSR count). The van der Waals surface area contributed by atoms with Crippen molar-refractivity contribution in [3.05, 3.63) is 52.8 Å². The number of amides is 1. The Morgan fingerprint density at radius 3 is 2.53 bits per heavy atom. The van der Waals surface area contributed by atoms with E-state index in [4.69, 9.17) is 0 Å². The van der Waals surface area contributed by atoms with Gasteiger partial charge in [0.05, 0.1) is 0 Å². The molecule has 0 aliphatic rings. The number of aromatic nitrogens is 1. The summed E-state index contributed by atoms with van der Waals surface area (Å²) in [5.41, 5.74) is 5.13. The lowest BCUT2D eigenvalue weighted by molar-refractivity contribution is 0.101. The van der Waals surface area contributed by atoms with Crippen molar-refractivity contribution in [1.29, 1.82) is 0 Å². The Morgan fingerprint density at radius 1 is 1.21 bits per heavy atom. The lowest BCUT2D eigenvalue weighted by Crippen LogP contribution is -2.16. The number of carbonyl (C=O) groups excluding carboxylic acids is 1. The summed E-state index contributed by atoms with van der Waals surface area (Å²) in [5.74, 6) is -0.0680. The second kappa shape index (κ2) is 5.31. The molecule has 0 aliphatic carbocycles. The molecule has 1 amide bonds. The zero-order chi connectivity index (χ0) is 14.0. The zero-order valence-electron chi connectivity index (χ0n) is 11.9. The first-order chi connectivity index (χ1) is 9.02. The number of aryl methyl sites for hydroxylation is 3. The van der Waals surface area contributed by atoms with Gasteiger partial charge in [-0.3, -0.25) is 4.79 Å². The van der Waals surface area contributed by atoms with Crippen molar-refractivity contribution in [2.24, 2.45) is 7.05 Å². The lowest BCUT2D eigenvalue weighted by Gasteiger charge is -2.10. The summed E-state index contributed by atoms with van der Waals surface area (Å²) < 4.78 is 1.89. The van der Waals surface area contributed by atoms with E-state index < -0.39 is 0 Å². The van der Waals surface area contributed by atoms with Gasteiger partial charge in [0.15, 0.2) is 0 Å². The van der Waals surface area contributed by atoms with Crippen LogP contribution in [0.3, 0.4) is 0 Å². The minimum absolute atomic E-state index is 0.0680. The lowest BCUT2D eigenvalue weighted by atomic mass is 10.1. The van der Waals surface area contributed by atoms with Crippen LogP contribution in [0, 0.1) is 13.8 Å². The van der Waals surface area contributed by atoms with Crippen LogP contribution >= 0.6 is 0 Å². The minimum atomic E-state index is -0.0680. The average molecular weight is 256 g/mol. The molecule has 1 aromatic carbocycles. The number of nitrogens with zero attached hydrogens (tertiary/aromatic N) is 1. The second-order valence-corrected chi connectivity index (χ2v) is 4.87. The van der Waals surface area contributed by atoms with Crippen LogP contribution < -0.4 is 5.32 Å². The molecule has 3 nitrogen and oxygen atoms in total. The number of hydrogen-bond donors (Lipinski definition) is 1. The van der Waals surface area contributed by atoms with Gasteiger partial charge >= 0.3 is 0 Å². The third-order valence-corrected chi connectivity index (χ3v) is 3.59. The standard InChI is InChI=1S/C16H20N2O/c1-5-13-10-14(8-6-11(13)2)17-16(19)15-9-7-12(3)18(15)4/h6-10H,5H2,1-4H3,(H,17,19). The van der Waals surface area contributed by atoms with Gasteiger partial charge in [0.25, 0.3) is 5.91 Å². The summed E-state index contributed by atoms with van der Waals surface area (Å²) in [6.45, 7) is 6.19. The topological polar surface area (TPSA) is 34.0 Å². The van der Waals surface area contributed by atoms with E-state index in [1.165, 1.54) is 11.1 Å². The molecule has 0 atom stereocenters. The maximum Gasteiger partial charge on any atom is 0.272 e. The highest BCUT2D eigenvalue weighted by Crippen LogP contribution is 2.17. The van der Waals surface area contributed by atoms with Gasteiger partial charge in [0, 0.05) is 18.4 Å². The van der Waals surface area contributed by atoms with Gasteiger partial charge < -0.3 is 9.88 Å². The van der Waals surface area contributed by atoms with Crippen LogP contribution in [0.5, 0.6) is 0 Å². The van der Waals surface area contributed by atoms with E-state index in [1.807, 2.05) is 48.9 Å². The molecule has 1 heterocycles. The van der Waals surface area contributed by atoms with Crippen molar-refractivity contribution in [3.63, 3.8) is 0 Å². The molecule has 0 aliphatic heterocycles. The summed E-state index contributed by atoms with van der Waals surface area (Å²) >= 11 is 0. The van der Waals surface area contributed by atoms with E-state index in [1.54, 1.807) is 0 Å². The number of hydrogen-bond acceptors (Lipinski definition) is 1. The Hall–Kier alpha value is -2.03. The first-order valence-electron chi connectivity index (χ1n) is 6.56. The molecule has 0 radical (unpaired) electrons. The number of anilines is 1. The fourth-order valence-electron chi connectivity index (χ4n) is 2.17. The van der Waals surface area contributed by atoms with Gasteiger partial charge in [0.2, 0.25) is 0 Å². The predicted octanol–water partition coefficient (Wildman–Crippen LogP) is 3.46. The summed E-state index contributed by atoms with van der Waals surface area (Å²) in [7, 11) is 1.90. The minimum Gasteiger partial charge on any atom is -0.344 e. The molecule has 0 unspecified atom stereocenters. The molecule has 0 saturated heterocycles. The van der Waals surface area contributed by atoms with E-state index in [0.29, 0.717) is 5.69 Å². The highest BCUT2D eigenvalue weighted by molar-refractivity contribution is 6.03. The van der Waals surface area contributed by atoms with Crippen LogP contribution in [0.4, 0.5) is 5.69 Å². The van der Waals surface area contributed by atoms with Gasteiger partial charge in [-0.15, -0.1) is 0 Å². The van der Waals surface area contributed by atoms with Gasteiger partial charge in [-0.05, 0) is 55.7 Å². The quantitative estimate of drug-likeness (QED) is 0.896. The predicted molar refractivity (Wildman–Crippen MR) is 78.7 cm³/mol. The summed E-state index contributed by atoms with van der Waals surface area (Å²) in [6, 6.07) is 9.83. The number of rotatable bonds is 3. The van der Waals surface area contributed by atoms with Crippen LogP contribution in [-0.4, -0.2) is 10.5 Å². The van der Waals surface area contributed by atoms with E-state index in [2.05, 4.69) is 19.2 Å². The Morgan fingerprint density at radius 2 is 1.95 bits per heavy atom. The monoisotopic (exact) mass is 256 g/mol. The number of carbonyl (C=O) groups is 1. The van der Waals surface area contributed by atoms with E-state index in [0.717, 1.165) is 17.8 Å². The summed E-state index contributed by atoms with van der Waals surface area (Å²) in [6.07, 6.45) is 0.971. The molecule has 1 aromatic heterocycles. The highest BCUT2D eigenvalue weighted by Gasteiger charge is 2.11. The molecule has 0 saturated carbocycles. The highest BCUT2D eigenvalue weighted by atomic mass is 16.1. The van der Waals surface area contributed by atoms with Gasteiger partial charge in [-0.1, -0.05) is 13.0 Å². The van der Waals surface area contributed by atoms with Crippen LogP contribution in [0.25, 0.3) is 0 Å². The first kappa shape index (κ1) is 13.4. The van der Waals surface area contributed by atoms with Crippen LogP contribution in [-0.2, 0) is 13.5 Å². The number of nitrogens with one attached hydrogen (secondary N) is 1. The van der Waals surface area contributed by atoms with E-state index in [-0.39, 0.29) is 5.91 Å². The third kappa shape index (κ3) is 2.70. The molecule has 3 heteroatoms. The Labute approximate surface area is 114 Å². The molecular weight excluding hydrogens is 236 g/mol. The van der Waals surface area contributed by atoms with Gasteiger partial charge in [-0.2, -0.15) is 0 Å². The SMILES string of the molecule is CCc1cc(NC(=O)c2ccc(C)n2C)ccc1C. The normalized spacial score (nSPS) is 10.5. The van der Waals surface area contributed by atoms with Crippen molar-refractivity contribution >= 4 is 11.6 Å². The zero-order valence-corrected chi connectivity index (χ0v) is 11.9. The summed E-state index contributed by atoms with van der Waals surface area (Å²) in [5, 5.41) is 2.95. The molecule has 2 aromatic rings. The van der Waals surface area contributed by atoms with Gasteiger partial charge in [-0.25, -0.2) is 0 Å². The molecule has 0 bridgehead atoms. The summed E-state index contributed by atoms with van der Waals surface area (Å²) in [4.78, 5) is 12.2. The fourth-order valence-corrected chi connectivity index (χ4v) is 2.17. The third-order valence-electron chi connectivity index (χ3n) is 3.59. The van der Waals surface area contributed by atoms with Crippen LogP contribution in [0.15, 0.2) is 30.3 Å². The fraction of sp³-hybridized carbons (Fsp3) is 0.312. The smallest absolute Gasteiger partial charge is 0.272 e. The maximum absolute atomic E-state index is 12.2. The number of benzene rings is 1. The van der Waals surface area contributed by atoms with Crippen LogP contribution in [0.2, 0.25) is 0 Å². The van der Waals surface area contributed by atoms with E-state index in [9.17, 15) is 4.79 Å². The largest absolute Gasteiger partial charge is 0.344 e. The van der Waals surface area contributed by atoms with Crippen LogP contribution in [0.1, 0.15) is 34.2 Å². The molecule has 19 heavy (non-hydrogen) atoms. The average Bonchev–Trinajstić information content (AvgIpc) is 2.72. The Bertz CT molecular complexity index is 611. The maximum atomic E-state index is 12.2. The Kier molecular flexibility index (Phi) is 3.74. The molecule has 100 valence electrons. The Balaban J connectivity index is 2.22. The molecule has 0 spiro atoms. The van der Waals surface area contributed by atoms with Crippen molar-refractivity contribution in [3.8, 4) is 0 Å². The molecule has 1 N–H and O–H groups in total. The van der Waals surface area contributed by atoms with E-state index >= 15 is 0 Å². The van der Waals surface area contributed by atoms with Crippen molar-refractivity contribution in [2.75, 3.05) is 5.32 Å². The molecule has 0 fully saturated rings. The first-order valence-corrected chi connectivity index (χ1v) is 6.56. The van der Waals surface area contributed by atoms with Crippen molar-refractivity contribution < 1.29 is 4.79 Å². The van der Waals surface area contributed by atoms with Crippen molar-refractivity contribution in [1.82, 2.24) is 4.57 Å². The van der Waals surface area contributed by atoms with Crippen molar-refractivity contribution in [2.45, 2.75) is 27.2 Å². The second-order valence-electron chi connectivity index (χ2n) is 4.87. The molecular formula is C16H20N2O. The van der Waals surface area contributed by atoms with Gasteiger partial charge in [0.1, 0.15) is 5.69 Å².